The Kier molecular flexibility index (Phi) is 7.28. The number of pyridine rings is 1. The van der Waals surface area contributed by atoms with E-state index in [1.807, 2.05) is 29.2 Å². The van der Waals surface area contributed by atoms with Gasteiger partial charge in [-0.1, -0.05) is 18.2 Å². The summed E-state index contributed by atoms with van der Waals surface area (Å²) < 4.78 is 27.9. The van der Waals surface area contributed by atoms with Crippen LogP contribution >= 0.6 is 0 Å². The van der Waals surface area contributed by atoms with Gasteiger partial charge >= 0.3 is 0 Å². The summed E-state index contributed by atoms with van der Waals surface area (Å²) in [6, 6.07) is 17.7. The predicted molar refractivity (Wildman–Crippen MR) is 137 cm³/mol. The number of hydrogen-bond acceptors (Lipinski definition) is 6. The molecule has 2 fully saturated rings. The number of piperazine rings is 2. The summed E-state index contributed by atoms with van der Waals surface area (Å²) in [4.78, 5) is 25.4. The van der Waals surface area contributed by atoms with Gasteiger partial charge in [0.15, 0.2) is 0 Å². The molecule has 0 unspecified atom stereocenters. The van der Waals surface area contributed by atoms with Gasteiger partial charge in [0.1, 0.15) is 23.5 Å². The first kappa shape index (κ1) is 24.7. The number of aromatic nitrogens is 1. The molecule has 3 heterocycles. The Morgan fingerprint density at radius 1 is 0.892 bits per heavy atom. The molecule has 3 aromatic rings. The summed E-state index contributed by atoms with van der Waals surface area (Å²) in [7, 11) is 0. The molecule has 0 bridgehead atoms. The number of halogens is 2. The van der Waals surface area contributed by atoms with E-state index in [0.29, 0.717) is 44.1 Å². The zero-order chi connectivity index (χ0) is 25.8. The van der Waals surface area contributed by atoms with Gasteiger partial charge < -0.3 is 14.7 Å². The van der Waals surface area contributed by atoms with E-state index in [-0.39, 0.29) is 17.3 Å². The van der Waals surface area contributed by atoms with Crippen molar-refractivity contribution in [3.8, 4) is 6.07 Å². The highest BCUT2D eigenvalue weighted by atomic mass is 19.1. The zero-order valence-corrected chi connectivity index (χ0v) is 20.5. The van der Waals surface area contributed by atoms with Crippen LogP contribution in [0, 0.1) is 23.0 Å². The molecule has 2 aliphatic rings. The summed E-state index contributed by atoms with van der Waals surface area (Å²) in [5, 5.41) is 9.39. The second-order valence-corrected chi connectivity index (χ2v) is 9.32. The molecule has 1 aromatic heterocycles. The van der Waals surface area contributed by atoms with E-state index in [4.69, 9.17) is 0 Å². The lowest BCUT2D eigenvalue weighted by atomic mass is 10.1. The molecule has 2 aliphatic heterocycles. The van der Waals surface area contributed by atoms with Crippen molar-refractivity contribution in [2.45, 2.75) is 6.54 Å². The summed E-state index contributed by atoms with van der Waals surface area (Å²) in [5.41, 5.74) is 2.61. The number of benzene rings is 2. The quantitative estimate of drug-likeness (QED) is 0.532. The topological polar surface area (TPSA) is 66.7 Å². The minimum Gasteiger partial charge on any atom is -0.368 e. The van der Waals surface area contributed by atoms with Gasteiger partial charge in [0, 0.05) is 58.9 Å². The lowest BCUT2D eigenvalue weighted by Crippen LogP contribution is -2.49. The van der Waals surface area contributed by atoms with Crippen LogP contribution in [0.1, 0.15) is 21.5 Å². The zero-order valence-electron chi connectivity index (χ0n) is 20.5. The number of nitriles is 1. The van der Waals surface area contributed by atoms with Crippen molar-refractivity contribution >= 4 is 17.4 Å². The van der Waals surface area contributed by atoms with E-state index in [1.165, 1.54) is 18.3 Å². The lowest BCUT2D eigenvalue weighted by molar-refractivity contribution is 0.0741. The van der Waals surface area contributed by atoms with Crippen LogP contribution in [0.4, 0.5) is 20.3 Å². The first-order valence-electron chi connectivity index (χ1n) is 12.4. The molecule has 0 N–H and O–H groups in total. The molecular formula is C28H28F2N6O. The first-order valence-corrected chi connectivity index (χ1v) is 12.4. The highest BCUT2D eigenvalue weighted by molar-refractivity contribution is 5.94. The fraction of sp³-hybridized carbons (Fsp3) is 0.321. The second kappa shape index (κ2) is 10.9. The van der Waals surface area contributed by atoms with Gasteiger partial charge in [0.05, 0.1) is 23.0 Å². The molecule has 0 saturated carbocycles. The van der Waals surface area contributed by atoms with Crippen molar-refractivity contribution in [3.05, 3.63) is 89.1 Å². The number of nitrogens with zero attached hydrogens (tertiary/aromatic N) is 6. The SMILES string of the molecule is N#Cc1ccccc1N1CCN(Cc2ccc(F)c(C(=O)N3CCN(c4ccc(F)cn4)CC3)c2)CC1. The van der Waals surface area contributed by atoms with Crippen molar-refractivity contribution in [1.29, 1.82) is 5.26 Å². The molecule has 2 saturated heterocycles. The van der Waals surface area contributed by atoms with Gasteiger partial charge in [-0.15, -0.1) is 0 Å². The third-order valence-corrected chi connectivity index (χ3v) is 7.01. The average molecular weight is 503 g/mol. The largest absolute Gasteiger partial charge is 0.368 e. The molecule has 0 atom stereocenters. The minimum atomic E-state index is -0.519. The molecule has 0 aliphatic carbocycles. The van der Waals surface area contributed by atoms with Crippen molar-refractivity contribution in [1.82, 2.24) is 14.8 Å². The Morgan fingerprint density at radius 2 is 1.62 bits per heavy atom. The first-order chi connectivity index (χ1) is 18.0. The Hall–Kier alpha value is -4.03. The van der Waals surface area contributed by atoms with Crippen LogP contribution in [0.25, 0.3) is 0 Å². The van der Waals surface area contributed by atoms with Crippen LogP contribution in [-0.2, 0) is 6.54 Å². The maximum absolute atomic E-state index is 14.7. The number of para-hydroxylation sites is 1. The lowest BCUT2D eigenvalue weighted by Gasteiger charge is -2.36. The molecule has 7 nitrogen and oxygen atoms in total. The van der Waals surface area contributed by atoms with E-state index >= 15 is 0 Å². The number of hydrogen-bond donors (Lipinski definition) is 0. The van der Waals surface area contributed by atoms with Gasteiger partial charge in [-0.3, -0.25) is 9.69 Å². The molecule has 190 valence electrons. The fourth-order valence-electron chi connectivity index (χ4n) is 4.95. The Bertz CT molecular complexity index is 1290. The standard InChI is InChI=1S/C28H28F2N6O/c29-23-6-8-27(32-19-23)35-13-15-36(16-14-35)28(37)24-17-21(5-7-25(24)30)20-33-9-11-34(12-10-33)26-4-2-1-3-22(26)18-31/h1-8,17,19H,9-16,20H2. The Morgan fingerprint density at radius 3 is 2.32 bits per heavy atom. The van der Waals surface area contributed by atoms with Crippen molar-refractivity contribution in [2.75, 3.05) is 62.2 Å². The van der Waals surface area contributed by atoms with Gasteiger partial charge in [0.25, 0.3) is 5.91 Å². The molecule has 0 radical (unpaired) electrons. The maximum Gasteiger partial charge on any atom is 0.256 e. The van der Waals surface area contributed by atoms with E-state index < -0.39 is 5.82 Å². The van der Waals surface area contributed by atoms with Gasteiger partial charge in [-0.25, -0.2) is 13.8 Å². The van der Waals surface area contributed by atoms with Crippen molar-refractivity contribution in [3.63, 3.8) is 0 Å². The number of carbonyl (C=O) groups is 1. The van der Waals surface area contributed by atoms with E-state index in [1.54, 1.807) is 23.1 Å². The third-order valence-electron chi connectivity index (χ3n) is 7.01. The summed E-state index contributed by atoms with van der Waals surface area (Å²) in [5.74, 6) is -0.560. The molecule has 0 spiro atoms. The van der Waals surface area contributed by atoms with Gasteiger partial charge in [0.2, 0.25) is 0 Å². The van der Waals surface area contributed by atoms with Crippen LogP contribution in [-0.4, -0.2) is 73.0 Å². The normalized spacial score (nSPS) is 16.5. The van der Waals surface area contributed by atoms with Crippen LogP contribution in [0.5, 0.6) is 0 Å². The summed E-state index contributed by atoms with van der Waals surface area (Å²) in [6.07, 6.45) is 1.18. The van der Waals surface area contributed by atoms with Gasteiger partial charge in [-0.2, -0.15) is 5.26 Å². The molecule has 5 rings (SSSR count). The summed E-state index contributed by atoms with van der Waals surface area (Å²) in [6.45, 7) is 5.78. The monoisotopic (exact) mass is 502 g/mol. The van der Waals surface area contributed by atoms with Crippen LogP contribution in [0.3, 0.4) is 0 Å². The number of rotatable bonds is 5. The van der Waals surface area contributed by atoms with Crippen LogP contribution in [0.15, 0.2) is 60.8 Å². The maximum atomic E-state index is 14.7. The number of anilines is 2. The molecule has 2 aromatic carbocycles. The molecule has 1 amide bonds. The molecular weight excluding hydrogens is 474 g/mol. The van der Waals surface area contributed by atoms with Crippen molar-refractivity contribution in [2.24, 2.45) is 0 Å². The van der Waals surface area contributed by atoms with Gasteiger partial charge in [-0.05, 0) is 42.0 Å². The Labute approximate surface area is 215 Å². The fourth-order valence-corrected chi connectivity index (χ4v) is 4.95. The Balaban J connectivity index is 1.18. The van der Waals surface area contributed by atoms with E-state index in [0.717, 1.165) is 37.4 Å². The third kappa shape index (κ3) is 5.54. The predicted octanol–water partition coefficient (Wildman–Crippen LogP) is 3.52. The van der Waals surface area contributed by atoms with E-state index in [2.05, 4.69) is 20.9 Å². The highest BCUT2D eigenvalue weighted by Crippen LogP contribution is 2.23. The second-order valence-electron chi connectivity index (χ2n) is 9.32. The highest BCUT2D eigenvalue weighted by Gasteiger charge is 2.26. The average Bonchev–Trinajstić information content (AvgIpc) is 2.94. The van der Waals surface area contributed by atoms with Crippen molar-refractivity contribution < 1.29 is 13.6 Å². The number of carbonyl (C=O) groups excluding carboxylic acids is 1. The molecule has 9 heteroatoms. The van der Waals surface area contributed by atoms with E-state index in [9.17, 15) is 18.8 Å². The molecule has 37 heavy (non-hydrogen) atoms. The van der Waals surface area contributed by atoms with Crippen LogP contribution < -0.4 is 9.80 Å². The minimum absolute atomic E-state index is 0.0902. The smallest absolute Gasteiger partial charge is 0.256 e. The van der Waals surface area contributed by atoms with Crippen LogP contribution in [0.2, 0.25) is 0 Å². The summed E-state index contributed by atoms with van der Waals surface area (Å²) >= 11 is 0. The number of amides is 1.